The zero-order chi connectivity index (χ0) is 15.5. The lowest BCUT2D eigenvalue weighted by atomic mass is 10.1. The van der Waals surface area contributed by atoms with Crippen LogP contribution in [0.4, 0.5) is 10.1 Å². The van der Waals surface area contributed by atoms with Crippen LogP contribution in [0.1, 0.15) is 11.3 Å². The van der Waals surface area contributed by atoms with Crippen LogP contribution in [0, 0.1) is 15.9 Å². The van der Waals surface area contributed by atoms with Crippen LogP contribution in [-0.2, 0) is 0 Å². The van der Waals surface area contributed by atoms with Gasteiger partial charge in [0.05, 0.1) is 21.5 Å². The van der Waals surface area contributed by atoms with Gasteiger partial charge in [-0.1, -0.05) is 24.3 Å². The van der Waals surface area contributed by atoms with Gasteiger partial charge in [0, 0.05) is 11.6 Å². The molecule has 5 heteroatoms. The van der Waals surface area contributed by atoms with Gasteiger partial charge >= 0.3 is 0 Å². The lowest BCUT2D eigenvalue weighted by molar-refractivity contribution is -0.383. The molecular weight excluding hydrogens is 283 g/mol. The van der Waals surface area contributed by atoms with Crippen LogP contribution >= 0.6 is 0 Å². The molecule has 0 saturated heterocycles. The third-order valence-electron chi connectivity index (χ3n) is 3.27. The van der Waals surface area contributed by atoms with Gasteiger partial charge in [0.1, 0.15) is 5.82 Å². The number of aromatic nitrogens is 1. The first-order valence-electron chi connectivity index (χ1n) is 6.62. The zero-order valence-electron chi connectivity index (χ0n) is 11.4. The normalized spacial score (nSPS) is 11.1. The number of pyridine rings is 1. The molecule has 22 heavy (non-hydrogen) atoms. The number of nitro groups is 1. The maximum Gasteiger partial charge on any atom is 0.278 e. The van der Waals surface area contributed by atoms with Crippen LogP contribution in [-0.4, -0.2) is 9.91 Å². The monoisotopic (exact) mass is 294 g/mol. The van der Waals surface area contributed by atoms with Crippen molar-refractivity contribution in [2.24, 2.45) is 0 Å². The van der Waals surface area contributed by atoms with Crippen molar-refractivity contribution in [2.75, 3.05) is 0 Å². The molecule has 0 spiro atoms. The molecule has 0 aliphatic carbocycles. The summed E-state index contributed by atoms with van der Waals surface area (Å²) in [6.45, 7) is 0. The molecule has 4 nitrogen and oxygen atoms in total. The SMILES string of the molecule is O=[N+]([O-])c1cccc2nc(/C=C/c3ccccc3F)ccc12. The summed E-state index contributed by atoms with van der Waals surface area (Å²) in [6.07, 6.45) is 3.30. The van der Waals surface area contributed by atoms with E-state index in [4.69, 9.17) is 0 Å². The summed E-state index contributed by atoms with van der Waals surface area (Å²) in [5.74, 6) is -0.310. The Balaban J connectivity index is 2.00. The lowest BCUT2D eigenvalue weighted by Crippen LogP contribution is -1.91. The van der Waals surface area contributed by atoms with Crippen LogP contribution in [0.2, 0.25) is 0 Å². The minimum absolute atomic E-state index is 0.0228. The van der Waals surface area contributed by atoms with Gasteiger partial charge in [-0.05, 0) is 36.4 Å². The second kappa shape index (κ2) is 5.73. The van der Waals surface area contributed by atoms with Crippen molar-refractivity contribution in [3.63, 3.8) is 0 Å². The van der Waals surface area contributed by atoms with E-state index in [1.54, 1.807) is 54.6 Å². The molecule has 1 aromatic heterocycles. The summed E-state index contributed by atoms with van der Waals surface area (Å²) in [4.78, 5) is 14.9. The Kier molecular flexibility index (Phi) is 3.62. The highest BCUT2D eigenvalue weighted by atomic mass is 19.1. The van der Waals surface area contributed by atoms with Crippen LogP contribution in [0.15, 0.2) is 54.6 Å². The summed E-state index contributed by atoms with van der Waals surface area (Å²) in [5.41, 5.74) is 1.62. The molecule has 0 aliphatic heterocycles. The minimum atomic E-state index is -0.432. The molecule has 0 atom stereocenters. The highest BCUT2D eigenvalue weighted by Gasteiger charge is 2.11. The molecule has 3 aromatic rings. The third-order valence-corrected chi connectivity index (χ3v) is 3.27. The Bertz CT molecular complexity index is 891. The second-order valence-corrected chi connectivity index (χ2v) is 4.69. The van der Waals surface area contributed by atoms with E-state index in [0.29, 0.717) is 22.2 Å². The van der Waals surface area contributed by atoms with E-state index in [9.17, 15) is 14.5 Å². The summed E-state index contributed by atoms with van der Waals surface area (Å²) < 4.78 is 13.5. The Labute approximate surface area is 125 Å². The third kappa shape index (κ3) is 2.69. The summed E-state index contributed by atoms with van der Waals surface area (Å²) in [6, 6.07) is 14.5. The zero-order valence-corrected chi connectivity index (χ0v) is 11.4. The van der Waals surface area contributed by atoms with Crippen LogP contribution in [0.5, 0.6) is 0 Å². The molecule has 0 bridgehead atoms. The predicted octanol–water partition coefficient (Wildman–Crippen LogP) is 4.45. The van der Waals surface area contributed by atoms with E-state index in [-0.39, 0.29) is 11.5 Å². The van der Waals surface area contributed by atoms with Gasteiger partial charge in [-0.3, -0.25) is 10.1 Å². The molecule has 0 unspecified atom stereocenters. The number of rotatable bonds is 3. The summed E-state index contributed by atoms with van der Waals surface area (Å²) >= 11 is 0. The highest BCUT2D eigenvalue weighted by Crippen LogP contribution is 2.24. The van der Waals surface area contributed by atoms with Crippen molar-refractivity contribution >= 4 is 28.7 Å². The fourth-order valence-electron chi connectivity index (χ4n) is 2.19. The number of fused-ring (bicyclic) bond motifs is 1. The Morgan fingerprint density at radius 3 is 2.59 bits per heavy atom. The van der Waals surface area contributed by atoms with Crippen molar-refractivity contribution in [1.82, 2.24) is 4.98 Å². The van der Waals surface area contributed by atoms with Gasteiger partial charge in [-0.2, -0.15) is 0 Å². The van der Waals surface area contributed by atoms with Crippen LogP contribution in [0.25, 0.3) is 23.1 Å². The van der Waals surface area contributed by atoms with E-state index in [1.807, 2.05) is 0 Å². The standard InChI is InChI=1S/C17H11FN2O2/c18-15-5-2-1-4-12(15)8-9-13-10-11-14-16(19-13)6-3-7-17(14)20(21)22/h1-11H/b9-8+. The molecule has 0 saturated carbocycles. The molecule has 0 fully saturated rings. The number of hydrogen-bond acceptors (Lipinski definition) is 3. The number of hydrogen-bond donors (Lipinski definition) is 0. The minimum Gasteiger partial charge on any atom is -0.258 e. The summed E-state index contributed by atoms with van der Waals surface area (Å²) in [5, 5.41) is 11.5. The van der Waals surface area contributed by atoms with Crippen LogP contribution < -0.4 is 0 Å². The fraction of sp³-hybridized carbons (Fsp3) is 0. The van der Waals surface area contributed by atoms with Gasteiger partial charge in [-0.15, -0.1) is 0 Å². The molecule has 108 valence electrons. The van der Waals surface area contributed by atoms with Crippen molar-refractivity contribution in [1.29, 1.82) is 0 Å². The van der Waals surface area contributed by atoms with E-state index in [2.05, 4.69) is 4.98 Å². The Morgan fingerprint density at radius 2 is 1.82 bits per heavy atom. The molecule has 0 N–H and O–H groups in total. The maximum absolute atomic E-state index is 13.5. The largest absolute Gasteiger partial charge is 0.278 e. The molecule has 0 radical (unpaired) electrons. The van der Waals surface area contributed by atoms with Gasteiger partial charge in [0.15, 0.2) is 0 Å². The van der Waals surface area contributed by atoms with Crippen LogP contribution in [0.3, 0.4) is 0 Å². The van der Waals surface area contributed by atoms with Gasteiger partial charge < -0.3 is 0 Å². The second-order valence-electron chi connectivity index (χ2n) is 4.69. The van der Waals surface area contributed by atoms with Crippen molar-refractivity contribution in [3.8, 4) is 0 Å². The van der Waals surface area contributed by atoms with E-state index >= 15 is 0 Å². The Morgan fingerprint density at radius 1 is 1.00 bits per heavy atom. The Hall–Kier alpha value is -3.08. The first-order chi connectivity index (χ1) is 10.6. The van der Waals surface area contributed by atoms with Gasteiger partial charge in [0.2, 0.25) is 0 Å². The topological polar surface area (TPSA) is 56.0 Å². The van der Waals surface area contributed by atoms with Crippen molar-refractivity contribution < 1.29 is 9.31 Å². The van der Waals surface area contributed by atoms with E-state index < -0.39 is 4.92 Å². The first kappa shape index (κ1) is 13.9. The van der Waals surface area contributed by atoms with Gasteiger partial charge in [-0.25, -0.2) is 9.37 Å². The smallest absolute Gasteiger partial charge is 0.258 e. The maximum atomic E-state index is 13.5. The molecule has 2 aromatic carbocycles. The van der Waals surface area contributed by atoms with Gasteiger partial charge in [0.25, 0.3) is 5.69 Å². The number of nitro benzene ring substituents is 1. The average molecular weight is 294 g/mol. The fourth-order valence-corrected chi connectivity index (χ4v) is 2.19. The molecule has 0 aliphatic rings. The van der Waals surface area contributed by atoms with E-state index in [0.717, 1.165) is 0 Å². The number of nitrogens with zero attached hydrogens (tertiary/aromatic N) is 2. The summed E-state index contributed by atoms with van der Waals surface area (Å²) in [7, 11) is 0. The predicted molar refractivity (Wildman–Crippen MR) is 83.7 cm³/mol. The lowest BCUT2D eigenvalue weighted by Gasteiger charge is -2.00. The average Bonchev–Trinajstić information content (AvgIpc) is 2.53. The highest BCUT2D eigenvalue weighted by molar-refractivity contribution is 5.88. The molecular formula is C17H11FN2O2. The van der Waals surface area contributed by atoms with Crippen molar-refractivity contribution in [3.05, 3.63) is 81.8 Å². The first-order valence-corrected chi connectivity index (χ1v) is 6.62. The van der Waals surface area contributed by atoms with Crippen molar-refractivity contribution in [2.45, 2.75) is 0 Å². The molecule has 0 amide bonds. The molecule has 3 rings (SSSR count). The molecule has 1 heterocycles. The number of benzene rings is 2. The van der Waals surface area contributed by atoms with E-state index in [1.165, 1.54) is 12.1 Å². The number of non-ortho nitro benzene ring substituents is 1. The number of halogens is 1. The quantitative estimate of drug-likeness (QED) is 0.529.